The molecule has 144 valence electrons. The van der Waals surface area contributed by atoms with Crippen molar-refractivity contribution in [1.82, 2.24) is 9.55 Å². The normalized spacial score (nSPS) is 10.8. The number of hydrogen-bond acceptors (Lipinski definition) is 1. The fourth-order valence-electron chi connectivity index (χ4n) is 3.70. The molecule has 2 nitrogen and oxygen atoms in total. The molecule has 0 aliphatic heterocycles. The second kappa shape index (κ2) is 7.80. The highest BCUT2D eigenvalue weighted by atomic mass is 19.1. The summed E-state index contributed by atoms with van der Waals surface area (Å²) in [4.78, 5) is 5.10. The first-order valence-corrected chi connectivity index (χ1v) is 9.86. The van der Waals surface area contributed by atoms with E-state index < -0.39 is 0 Å². The number of hydrogen-bond donors (Lipinski definition) is 0. The summed E-state index contributed by atoms with van der Waals surface area (Å²) in [6.45, 7) is 0. The smallest absolute Gasteiger partial charge is 0.145 e. The van der Waals surface area contributed by atoms with Gasteiger partial charge in [-0.2, -0.15) is 0 Å². The van der Waals surface area contributed by atoms with Gasteiger partial charge in [0.15, 0.2) is 0 Å². The highest BCUT2D eigenvalue weighted by Gasteiger charge is 2.22. The maximum atomic E-state index is 13.7. The van der Waals surface area contributed by atoms with Crippen molar-refractivity contribution in [3.63, 3.8) is 0 Å². The van der Waals surface area contributed by atoms with Crippen molar-refractivity contribution in [1.29, 1.82) is 0 Å². The van der Waals surface area contributed by atoms with E-state index in [-0.39, 0.29) is 5.82 Å². The molecular weight excluding hydrogens is 371 g/mol. The monoisotopic (exact) mass is 390 g/mol. The van der Waals surface area contributed by atoms with Gasteiger partial charge in [0.2, 0.25) is 0 Å². The molecule has 0 saturated carbocycles. The lowest BCUT2D eigenvalue weighted by molar-refractivity contribution is 0.627. The first-order chi connectivity index (χ1) is 14.8. The highest BCUT2D eigenvalue weighted by molar-refractivity contribution is 5.84. The SMILES string of the molecule is Fc1ccc(-n2c(-c3ccccc3)nc(-c3ccccc3)c2-c2ccccc2)cc1. The Kier molecular flexibility index (Phi) is 4.70. The van der Waals surface area contributed by atoms with E-state index in [1.807, 2.05) is 66.7 Å². The first-order valence-electron chi connectivity index (χ1n) is 9.86. The van der Waals surface area contributed by atoms with E-state index in [1.165, 1.54) is 12.1 Å². The van der Waals surface area contributed by atoms with E-state index >= 15 is 0 Å². The maximum Gasteiger partial charge on any atom is 0.145 e. The van der Waals surface area contributed by atoms with Crippen molar-refractivity contribution in [2.24, 2.45) is 0 Å². The van der Waals surface area contributed by atoms with Gasteiger partial charge in [-0.25, -0.2) is 9.37 Å². The lowest BCUT2D eigenvalue weighted by Gasteiger charge is -2.13. The van der Waals surface area contributed by atoms with Gasteiger partial charge < -0.3 is 0 Å². The second-order valence-electron chi connectivity index (χ2n) is 7.04. The van der Waals surface area contributed by atoms with Gasteiger partial charge in [-0.3, -0.25) is 4.57 Å². The molecule has 0 atom stereocenters. The van der Waals surface area contributed by atoms with E-state index in [0.29, 0.717) is 0 Å². The Hall–Kier alpha value is -3.98. The van der Waals surface area contributed by atoms with Crippen LogP contribution in [-0.4, -0.2) is 9.55 Å². The molecule has 0 fully saturated rings. The van der Waals surface area contributed by atoms with Gasteiger partial charge in [-0.15, -0.1) is 0 Å². The molecule has 0 radical (unpaired) electrons. The fourth-order valence-corrected chi connectivity index (χ4v) is 3.70. The average Bonchev–Trinajstić information content (AvgIpc) is 3.22. The molecule has 5 rings (SSSR count). The summed E-state index contributed by atoms with van der Waals surface area (Å²) in [5.41, 5.74) is 5.83. The number of rotatable bonds is 4. The summed E-state index contributed by atoms with van der Waals surface area (Å²) in [5.74, 6) is 0.560. The molecular formula is C27H19FN2. The molecule has 0 bridgehead atoms. The summed E-state index contributed by atoms with van der Waals surface area (Å²) in [7, 11) is 0. The number of nitrogens with zero attached hydrogens (tertiary/aromatic N) is 2. The number of benzene rings is 4. The minimum absolute atomic E-state index is 0.260. The van der Waals surface area contributed by atoms with Gasteiger partial charge in [0.25, 0.3) is 0 Å². The molecule has 0 aliphatic carbocycles. The Morgan fingerprint density at radius 1 is 0.533 bits per heavy atom. The molecule has 0 amide bonds. The van der Waals surface area contributed by atoms with E-state index in [9.17, 15) is 4.39 Å². The molecule has 0 aliphatic rings. The molecule has 0 unspecified atom stereocenters. The summed E-state index contributed by atoms with van der Waals surface area (Å²) in [5, 5.41) is 0. The third kappa shape index (κ3) is 3.31. The summed E-state index contributed by atoms with van der Waals surface area (Å²) < 4.78 is 15.8. The third-order valence-corrected chi connectivity index (χ3v) is 5.09. The van der Waals surface area contributed by atoms with E-state index in [4.69, 9.17) is 4.98 Å². The average molecular weight is 390 g/mol. The van der Waals surface area contributed by atoms with Crippen molar-refractivity contribution in [2.45, 2.75) is 0 Å². The largest absolute Gasteiger partial charge is 0.292 e. The lowest BCUT2D eigenvalue weighted by atomic mass is 10.0. The van der Waals surface area contributed by atoms with Crippen LogP contribution < -0.4 is 0 Å². The first kappa shape index (κ1) is 18.1. The topological polar surface area (TPSA) is 17.8 Å². The molecule has 30 heavy (non-hydrogen) atoms. The molecule has 4 aromatic carbocycles. The summed E-state index contributed by atoms with van der Waals surface area (Å²) in [6.07, 6.45) is 0. The molecule has 3 heteroatoms. The molecule has 1 aromatic heterocycles. The van der Waals surface area contributed by atoms with Crippen LogP contribution in [0.2, 0.25) is 0 Å². The van der Waals surface area contributed by atoms with Crippen molar-refractivity contribution >= 4 is 0 Å². The lowest BCUT2D eigenvalue weighted by Crippen LogP contribution is -2.00. The van der Waals surface area contributed by atoms with Gasteiger partial charge in [-0.05, 0) is 24.3 Å². The zero-order chi connectivity index (χ0) is 20.3. The molecule has 1 heterocycles. The van der Waals surface area contributed by atoms with Crippen LogP contribution in [0.5, 0.6) is 0 Å². The van der Waals surface area contributed by atoms with E-state index in [1.54, 1.807) is 12.1 Å². The summed E-state index contributed by atoms with van der Waals surface area (Å²) >= 11 is 0. The quantitative estimate of drug-likeness (QED) is 0.323. The Balaban J connectivity index is 1.88. The third-order valence-electron chi connectivity index (χ3n) is 5.09. The minimum Gasteiger partial charge on any atom is -0.292 e. The van der Waals surface area contributed by atoms with Crippen LogP contribution in [0.25, 0.3) is 39.6 Å². The van der Waals surface area contributed by atoms with Gasteiger partial charge in [0.1, 0.15) is 11.6 Å². The van der Waals surface area contributed by atoms with Crippen molar-refractivity contribution in [3.8, 4) is 39.6 Å². The van der Waals surface area contributed by atoms with Crippen LogP contribution in [0.3, 0.4) is 0 Å². The van der Waals surface area contributed by atoms with Gasteiger partial charge in [0, 0.05) is 22.4 Å². The van der Waals surface area contributed by atoms with Crippen molar-refractivity contribution in [2.75, 3.05) is 0 Å². The standard InChI is InChI=1S/C27H19FN2/c28-23-16-18-24(19-17-23)30-26(21-12-6-2-7-13-21)25(20-10-4-1-5-11-20)29-27(30)22-14-8-3-9-15-22/h1-19H. The van der Waals surface area contributed by atoms with Crippen LogP contribution in [0, 0.1) is 5.82 Å². The molecule has 0 saturated heterocycles. The Morgan fingerprint density at radius 3 is 1.60 bits per heavy atom. The van der Waals surface area contributed by atoms with Crippen LogP contribution in [0.4, 0.5) is 4.39 Å². The van der Waals surface area contributed by atoms with E-state index in [2.05, 4.69) is 28.8 Å². The zero-order valence-corrected chi connectivity index (χ0v) is 16.2. The number of halogens is 1. The predicted octanol–water partition coefficient (Wildman–Crippen LogP) is 7.01. The predicted molar refractivity (Wildman–Crippen MR) is 120 cm³/mol. The fraction of sp³-hybridized carbons (Fsp3) is 0. The van der Waals surface area contributed by atoms with Gasteiger partial charge in [0.05, 0.1) is 11.4 Å². The van der Waals surface area contributed by atoms with Crippen LogP contribution in [0.1, 0.15) is 0 Å². The molecule has 5 aromatic rings. The second-order valence-corrected chi connectivity index (χ2v) is 7.04. The van der Waals surface area contributed by atoms with E-state index in [0.717, 1.165) is 39.6 Å². The maximum absolute atomic E-state index is 13.7. The van der Waals surface area contributed by atoms with Crippen LogP contribution in [0.15, 0.2) is 115 Å². The number of aromatic nitrogens is 2. The summed E-state index contributed by atoms with van der Waals surface area (Å²) in [6, 6.07) is 37.0. The van der Waals surface area contributed by atoms with Gasteiger partial charge >= 0.3 is 0 Å². The Labute approximate surface area is 174 Å². The molecule has 0 N–H and O–H groups in total. The van der Waals surface area contributed by atoms with Gasteiger partial charge in [-0.1, -0.05) is 91.0 Å². The van der Waals surface area contributed by atoms with Crippen LogP contribution in [-0.2, 0) is 0 Å². The molecule has 0 spiro atoms. The zero-order valence-electron chi connectivity index (χ0n) is 16.2. The highest BCUT2D eigenvalue weighted by Crippen LogP contribution is 2.38. The minimum atomic E-state index is -0.260. The Bertz CT molecular complexity index is 1260. The van der Waals surface area contributed by atoms with Crippen LogP contribution >= 0.6 is 0 Å². The van der Waals surface area contributed by atoms with Crippen molar-refractivity contribution < 1.29 is 4.39 Å². The Morgan fingerprint density at radius 2 is 1.03 bits per heavy atom. The van der Waals surface area contributed by atoms with Crippen molar-refractivity contribution in [3.05, 3.63) is 121 Å². The number of imidazole rings is 1.